The minimum absolute atomic E-state index is 0.181. The Bertz CT molecular complexity index is 413. The minimum Gasteiger partial charge on any atom is -0.339 e. The third-order valence-corrected chi connectivity index (χ3v) is 4.16. The molecular weight excluding hydrogens is 240 g/mol. The highest BCUT2D eigenvalue weighted by Crippen LogP contribution is 2.46. The average Bonchev–Trinajstić information content (AvgIpc) is 2.76. The van der Waals surface area contributed by atoms with Gasteiger partial charge in [-0.1, -0.05) is 31.8 Å². The molecule has 2 N–H and O–H groups in total. The van der Waals surface area contributed by atoms with Gasteiger partial charge in [0.2, 0.25) is 5.89 Å². The largest absolute Gasteiger partial charge is 0.339 e. The van der Waals surface area contributed by atoms with Gasteiger partial charge in [-0.3, -0.25) is 0 Å². The lowest BCUT2D eigenvalue weighted by molar-refractivity contribution is 0.164. The summed E-state index contributed by atoms with van der Waals surface area (Å²) in [4.78, 5) is 6.59. The highest BCUT2D eigenvalue weighted by molar-refractivity contribution is 5.04. The zero-order valence-corrected chi connectivity index (χ0v) is 12.5. The predicted octanol–water partition coefficient (Wildman–Crippen LogP) is 2.31. The van der Waals surface area contributed by atoms with E-state index in [1.54, 1.807) is 0 Å². The number of hydrogen-bond donors (Lipinski definition) is 1. The molecule has 0 spiro atoms. The van der Waals surface area contributed by atoms with Crippen molar-refractivity contribution in [1.82, 2.24) is 15.0 Å². The molecule has 2 rings (SSSR count). The Hall–Kier alpha value is -0.940. The van der Waals surface area contributed by atoms with E-state index in [-0.39, 0.29) is 11.5 Å². The van der Waals surface area contributed by atoms with Gasteiger partial charge in [0, 0.05) is 12.5 Å². The molecule has 0 saturated heterocycles. The molecule has 5 heteroatoms. The van der Waals surface area contributed by atoms with Crippen molar-refractivity contribution in [2.24, 2.45) is 11.1 Å². The maximum Gasteiger partial charge on any atom is 0.230 e. The Kier molecular flexibility index (Phi) is 4.26. The van der Waals surface area contributed by atoms with Crippen molar-refractivity contribution >= 4 is 0 Å². The molecule has 1 fully saturated rings. The fourth-order valence-corrected chi connectivity index (χ4v) is 2.97. The van der Waals surface area contributed by atoms with E-state index in [4.69, 9.17) is 10.3 Å². The van der Waals surface area contributed by atoms with Gasteiger partial charge in [-0.2, -0.15) is 4.98 Å². The zero-order valence-electron chi connectivity index (χ0n) is 12.5. The third-order valence-electron chi connectivity index (χ3n) is 4.16. The van der Waals surface area contributed by atoms with Crippen LogP contribution in [0.3, 0.4) is 0 Å². The van der Waals surface area contributed by atoms with Crippen LogP contribution in [0.5, 0.6) is 0 Å². The summed E-state index contributed by atoms with van der Waals surface area (Å²) in [5.74, 6) is 1.77. The van der Waals surface area contributed by atoms with Crippen LogP contribution < -0.4 is 5.73 Å². The number of rotatable bonds is 4. The molecule has 0 aromatic carbocycles. The van der Waals surface area contributed by atoms with E-state index in [0.29, 0.717) is 11.7 Å². The molecule has 0 aliphatic heterocycles. The van der Waals surface area contributed by atoms with Gasteiger partial charge in [0.05, 0.1) is 6.04 Å². The van der Waals surface area contributed by atoms with Gasteiger partial charge in [-0.05, 0) is 32.4 Å². The number of nitrogens with zero attached hydrogens (tertiary/aromatic N) is 3. The van der Waals surface area contributed by atoms with Crippen LogP contribution in [0.4, 0.5) is 0 Å². The molecule has 1 aromatic heterocycles. The second kappa shape index (κ2) is 5.59. The molecular formula is C14H26N4O. The Morgan fingerprint density at radius 2 is 2.16 bits per heavy atom. The first-order valence-electron chi connectivity index (χ1n) is 7.14. The molecule has 5 nitrogen and oxygen atoms in total. The Balaban J connectivity index is 2.12. The summed E-state index contributed by atoms with van der Waals surface area (Å²) in [7, 11) is 3.98. The normalized spacial score (nSPS) is 24.6. The van der Waals surface area contributed by atoms with Crippen molar-refractivity contribution < 1.29 is 4.52 Å². The van der Waals surface area contributed by atoms with Gasteiger partial charge >= 0.3 is 0 Å². The van der Waals surface area contributed by atoms with Crippen molar-refractivity contribution in [2.45, 2.75) is 51.5 Å². The van der Waals surface area contributed by atoms with Crippen LogP contribution in [-0.4, -0.2) is 35.7 Å². The lowest BCUT2D eigenvalue weighted by Crippen LogP contribution is -2.28. The van der Waals surface area contributed by atoms with Gasteiger partial charge in [0.25, 0.3) is 0 Å². The van der Waals surface area contributed by atoms with Crippen LogP contribution in [0.25, 0.3) is 0 Å². The highest BCUT2D eigenvalue weighted by Gasteiger charge is 2.37. The molecule has 1 saturated carbocycles. The summed E-state index contributed by atoms with van der Waals surface area (Å²) in [6.07, 6.45) is 4.90. The van der Waals surface area contributed by atoms with E-state index >= 15 is 0 Å². The number of likely N-dealkylation sites (N-methyl/N-ethyl adjacent to an activating group) is 1. The van der Waals surface area contributed by atoms with Crippen LogP contribution in [0, 0.1) is 5.41 Å². The quantitative estimate of drug-likeness (QED) is 0.905. The van der Waals surface area contributed by atoms with E-state index in [1.807, 2.05) is 19.0 Å². The monoisotopic (exact) mass is 266 g/mol. The van der Waals surface area contributed by atoms with E-state index in [9.17, 15) is 0 Å². The summed E-state index contributed by atoms with van der Waals surface area (Å²) >= 11 is 0. The summed E-state index contributed by atoms with van der Waals surface area (Å²) in [6, 6.07) is -0.181. The summed E-state index contributed by atoms with van der Waals surface area (Å²) < 4.78 is 5.48. The first-order valence-corrected chi connectivity index (χ1v) is 7.14. The maximum atomic E-state index is 6.08. The van der Waals surface area contributed by atoms with Gasteiger partial charge in [-0.25, -0.2) is 0 Å². The van der Waals surface area contributed by atoms with E-state index < -0.39 is 0 Å². The molecule has 2 unspecified atom stereocenters. The molecule has 1 heterocycles. The van der Waals surface area contributed by atoms with Gasteiger partial charge in [-0.15, -0.1) is 0 Å². The standard InChI is InChI=1S/C14H26N4O/c1-14(2)8-6-5-7-10(14)13-16-12(17-19-13)11(15)9-18(3)4/h10-11H,5-9,15H2,1-4H3. The molecule has 1 aliphatic carbocycles. The lowest BCUT2D eigenvalue weighted by Gasteiger charge is -2.36. The smallest absolute Gasteiger partial charge is 0.230 e. The van der Waals surface area contributed by atoms with Crippen LogP contribution in [0.15, 0.2) is 4.52 Å². The molecule has 1 aliphatic rings. The first-order chi connectivity index (χ1) is 8.90. The molecule has 108 valence electrons. The highest BCUT2D eigenvalue weighted by atomic mass is 16.5. The number of aromatic nitrogens is 2. The maximum absolute atomic E-state index is 6.08. The Morgan fingerprint density at radius 1 is 1.42 bits per heavy atom. The van der Waals surface area contributed by atoms with E-state index in [2.05, 4.69) is 24.0 Å². The van der Waals surface area contributed by atoms with Crippen molar-refractivity contribution in [3.8, 4) is 0 Å². The molecule has 1 aromatic rings. The van der Waals surface area contributed by atoms with Crippen molar-refractivity contribution in [2.75, 3.05) is 20.6 Å². The number of nitrogens with two attached hydrogens (primary N) is 1. The summed E-state index contributed by atoms with van der Waals surface area (Å²) in [5, 5.41) is 4.07. The molecule has 2 atom stereocenters. The number of hydrogen-bond acceptors (Lipinski definition) is 5. The average molecular weight is 266 g/mol. The Labute approximate surface area is 115 Å². The SMILES string of the molecule is CN(C)CC(N)c1noc(C2CCCCC2(C)C)n1. The first kappa shape index (κ1) is 14.5. The molecule has 19 heavy (non-hydrogen) atoms. The molecule has 0 bridgehead atoms. The van der Waals surface area contributed by atoms with Gasteiger partial charge < -0.3 is 15.2 Å². The second-order valence-electron chi connectivity index (χ2n) is 6.65. The summed E-state index contributed by atoms with van der Waals surface area (Å²) in [6.45, 7) is 5.31. The summed E-state index contributed by atoms with van der Waals surface area (Å²) in [5.41, 5.74) is 6.32. The minimum atomic E-state index is -0.181. The van der Waals surface area contributed by atoms with Crippen LogP contribution in [0.2, 0.25) is 0 Å². The predicted molar refractivity (Wildman–Crippen MR) is 74.8 cm³/mol. The topological polar surface area (TPSA) is 68.2 Å². The second-order valence-corrected chi connectivity index (χ2v) is 6.65. The van der Waals surface area contributed by atoms with Crippen molar-refractivity contribution in [3.63, 3.8) is 0 Å². The van der Waals surface area contributed by atoms with Crippen LogP contribution in [0.1, 0.15) is 63.2 Å². The lowest BCUT2D eigenvalue weighted by atomic mass is 9.69. The third kappa shape index (κ3) is 3.34. The van der Waals surface area contributed by atoms with Crippen LogP contribution in [-0.2, 0) is 0 Å². The van der Waals surface area contributed by atoms with Crippen molar-refractivity contribution in [1.29, 1.82) is 0 Å². The molecule has 0 radical (unpaired) electrons. The fourth-order valence-electron chi connectivity index (χ4n) is 2.97. The van der Waals surface area contributed by atoms with Gasteiger partial charge in [0.1, 0.15) is 0 Å². The Morgan fingerprint density at radius 3 is 2.79 bits per heavy atom. The van der Waals surface area contributed by atoms with Crippen molar-refractivity contribution in [3.05, 3.63) is 11.7 Å². The molecule has 0 amide bonds. The van der Waals surface area contributed by atoms with E-state index in [1.165, 1.54) is 19.3 Å². The van der Waals surface area contributed by atoms with Gasteiger partial charge in [0.15, 0.2) is 5.82 Å². The fraction of sp³-hybridized carbons (Fsp3) is 0.857. The van der Waals surface area contributed by atoms with E-state index in [0.717, 1.165) is 18.9 Å². The zero-order chi connectivity index (χ0) is 14.0. The van der Waals surface area contributed by atoms with Crippen LogP contribution >= 0.6 is 0 Å².